The van der Waals surface area contributed by atoms with Gasteiger partial charge >= 0.3 is 0 Å². The molecule has 17 heavy (non-hydrogen) atoms. The number of aryl methyl sites for hydroxylation is 1. The molecule has 90 valence electrons. The van der Waals surface area contributed by atoms with Crippen molar-refractivity contribution in [2.75, 3.05) is 0 Å². The molecule has 1 aromatic heterocycles. The summed E-state index contributed by atoms with van der Waals surface area (Å²) < 4.78 is 0. The van der Waals surface area contributed by atoms with Crippen LogP contribution in [-0.2, 0) is 6.42 Å². The van der Waals surface area contributed by atoms with E-state index in [9.17, 15) is 5.11 Å². The minimum absolute atomic E-state index is 0.311. The molecule has 0 aliphatic heterocycles. The summed E-state index contributed by atoms with van der Waals surface area (Å²) in [5.74, 6) is 0. The second-order valence-corrected chi connectivity index (χ2v) is 4.39. The van der Waals surface area contributed by atoms with E-state index in [1.807, 2.05) is 31.2 Å². The summed E-state index contributed by atoms with van der Waals surface area (Å²) in [5, 5.41) is 9.83. The SMILES string of the molecule is CCCC(O)Cc1nc2ccccc2nc1C. The summed E-state index contributed by atoms with van der Waals surface area (Å²) in [6, 6.07) is 7.83. The Hall–Kier alpha value is -1.48. The number of hydrogen-bond donors (Lipinski definition) is 1. The quantitative estimate of drug-likeness (QED) is 0.878. The lowest BCUT2D eigenvalue weighted by Crippen LogP contribution is -2.12. The first-order chi connectivity index (χ1) is 8.20. The zero-order valence-electron chi connectivity index (χ0n) is 10.3. The Morgan fingerprint density at radius 3 is 2.47 bits per heavy atom. The van der Waals surface area contributed by atoms with Gasteiger partial charge in [0, 0.05) is 6.42 Å². The van der Waals surface area contributed by atoms with Gasteiger partial charge in [0.15, 0.2) is 0 Å². The summed E-state index contributed by atoms with van der Waals surface area (Å²) in [6.07, 6.45) is 2.08. The smallest absolute Gasteiger partial charge is 0.0890 e. The van der Waals surface area contributed by atoms with E-state index in [2.05, 4.69) is 16.9 Å². The molecule has 3 heteroatoms. The zero-order chi connectivity index (χ0) is 12.3. The van der Waals surface area contributed by atoms with E-state index in [1.54, 1.807) is 0 Å². The van der Waals surface area contributed by atoms with Crippen molar-refractivity contribution in [2.45, 2.75) is 39.2 Å². The van der Waals surface area contributed by atoms with E-state index in [0.29, 0.717) is 6.42 Å². The molecule has 1 aromatic carbocycles. The van der Waals surface area contributed by atoms with E-state index in [0.717, 1.165) is 35.3 Å². The van der Waals surface area contributed by atoms with Crippen molar-refractivity contribution < 1.29 is 5.11 Å². The molecule has 0 aliphatic carbocycles. The van der Waals surface area contributed by atoms with Crippen LogP contribution in [0, 0.1) is 6.92 Å². The van der Waals surface area contributed by atoms with Crippen molar-refractivity contribution in [1.29, 1.82) is 0 Å². The molecule has 1 N–H and O–H groups in total. The molecule has 0 radical (unpaired) electrons. The molecule has 1 unspecified atom stereocenters. The Morgan fingerprint density at radius 2 is 1.82 bits per heavy atom. The normalized spacial score (nSPS) is 12.9. The molecule has 0 bridgehead atoms. The number of benzene rings is 1. The first kappa shape index (κ1) is 12.0. The van der Waals surface area contributed by atoms with Gasteiger partial charge in [-0.1, -0.05) is 25.5 Å². The highest BCUT2D eigenvalue weighted by molar-refractivity contribution is 5.74. The third kappa shape index (κ3) is 2.80. The van der Waals surface area contributed by atoms with E-state index in [-0.39, 0.29) is 6.10 Å². The van der Waals surface area contributed by atoms with Gasteiger partial charge in [-0.25, -0.2) is 9.97 Å². The minimum atomic E-state index is -0.311. The number of hydrogen-bond acceptors (Lipinski definition) is 3. The van der Waals surface area contributed by atoms with Crippen LogP contribution in [0.15, 0.2) is 24.3 Å². The van der Waals surface area contributed by atoms with Crippen LogP contribution in [0.25, 0.3) is 11.0 Å². The van der Waals surface area contributed by atoms with Gasteiger partial charge in [-0.05, 0) is 25.5 Å². The molecule has 3 nitrogen and oxygen atoms in total. The number of aliphatic hydroxyl groups excluding tert-OH is 1. The van der Waals surface area contributed by atoms with E-state index in [4.69, 9.17) is 0 Å². The highest BCUT2D eigenvalue weighted by Crippen LogP contribution is 2.14. The van der Waals surface area contributed by atoms with Crippen LogP contribution in [0.1, 0.15) is 31.2 Å². The molecule has 2 rings (SSSR count). The lowest BCUT2D eigenvalue weighted by molar-refractivity contribution is 0.162. The Morgan fingerprint density at radius 1 is 1.18 bits per heavy atom. The number of aromatic nitrogens is 2. The van der Waals surface area contributed by atoms with Crippen molar-refractivity contribution in [1.82, 2.24) is 9.97 Å². The second kappa shape index (κ2) is 5.23. The summed E-state index contributed by atoms with van der Waals surface area (Å²) in [6.45, 7) is 4.02. The fourth-order valence-corrected chi connectivity index (χ4v) is 1.98. The average Bonchev–Trinajstić information content (AvgIpc) is 2.30. The summed E-state index contributed by atoms with van der Waals surface area (Å²) >= 11 is 0. The number of fused-ring (bicyclic) bond motifs is 1. The fraction of sp³-hybridized carbons (Fsp3) is 0.429. The Labute approximate surface area is 102 Å². The maximum atomic E-state index is 9.83. The van der Waals surface area contributed by atoms with Gasteiger partial charge in [-0.3, -0.25) is 0 Å². The molecule has 0 spiro atoms. The minimum Gasteiger partial charge on any atom is -0.393 e. The molecule has 0 amide bonds. The summed E-state index contributed by atoms with van der Waals surface area (Å²) in [7, 11) is 0. The molecule has 0 aliphatic rings. The Kier molecular flexibility index (Phi) is 3.69. The molecule has 1 atom stereocenters. The molecule has 2 aromatic rings. The largest absolute Gasteiger partial charge is 0.393 e. The maximum Gasteiger partial charge on any atom is 0.0890 e. The number of para-hydroxylation sites is 2. The third-order valence-electron chi connectivity index (χ3n) is 2.89. The lowest BCUT2D eigenvalue weighted by atomic mass is 10.1. The van der Waals surface area contributed by atoms with Crippen molar-refractivity contribution in [3.8, 4) is 0 Å². The fourth-order valence-electron chi connectivity index (χ4n) is 1.98. The number of nitrogens with zero attached hydrogens (tertiary/aromatic N) is 2. The standard InChI is InChI=1S/C14H18N2O/c1-3-6-11(17)9-14-10(2)15-12-7-4-5-8-13(12)16-14/h4-5,7-8,11,17H,3,6,9H2,1-2H3. The van der Waals surface area contributed by atoms with E-state index in [1.165, 1.54) is 0 Å². The maximum absolute atomic E-state index is 9.83. The van der Waals surface area contributed by atoms with E-state index < -0.39 is 0 Å². The van der Waals surface area contributed by atoms with Crippen molar-refractivity contribution in [3.05, 3.63) is 35.7 Å². The molecular weight excluding hydrogens is 212 g/mol. The van der Waals surface area contributed by atoms with Crippen LogP contribution in [0.5, 0.6) is 0 Å². The number of aliphatic hydroxyl groups is 1. The molecule has 0 saturated carbocycles. The monoisotopic (exact) mass is 230 g/mol. The van der Waals surface area contributed by atoms with Crippen LogP contribution in [0.2, 0.25) is 0 Å². The first-order valence-electron chi connectivity index (χ1n) is 6.11. The van der Waals surface area contributed by atoms with Crippen LogP contribution in [-0.4, -0.2) is 21.2 Å². The Balaban J connectivity index is 2.31. The van der Waals surface area contributed by atoms with Crippen molar-refractivity contribution in [3.63, 3.8) is 0 Å². The summed E-state index contributed by atoms with van der Waals surface area (Å²) in [4.78, 5) is 9.09. The van der Waals surface area contributed by atoms with Crippen LogP contribution < -0.4 is 0 Å². The van der Waals surface area contributed by atoms with Crippen LogP contribution in [0.3, 0.4) is 0 Å². The van der Waals surface area contributed by atoms with Gasteiger partial charge in [0.05, 0.1) is 28.5 Å². The van der Waals surface area contributed by atoms with Crippen LogP contribution >= 0.6 is 0 Å². The lowest BCUT2D eigenvalue weighted by Gasteiger charge is -2.11. The van der Waals surface area contributed by atoms with Gasteiger partial charge in [-0.2, -0.15) is 0 Å². The summed E-state index contributed by atoms with van der Waals surface area (Å²) in [5.41, 5.74) is 3.64. The second-order valence-electron chi connectivity index (χ2n) is 4.39. The highest BCUT2D eigenvalue weighted by Gasteiger charge is 2.10. The van der Waals surface area contributed by atoms with Crippen LogP contribution in [0.4, 0.5) is 0 Å². The number of rotatable bonds is 4. The predicted molar refractivity (Wildman–Crippen MR) is 68.9 cm³/mol. The molecule has 0 saturated heterocycles. The van der Waals surface area contributed by atoms with Gasteiger partial charge in [0.25, 0.3) is 0 Å². The molecule has 1 heterocycles. The predicted octanol–water partition coefficient (Wildman–Crippen LogP) is 2.64. The van der Waals surface area contributed by atoms with Gasteiger partial charge in [0.2, 0.25) is 0 Å². The molecule has 0 fully saturated rings. The van der Waals surface area contributed by atoms with Gasteiger partial charge < -0.3 is 5.11 Å². The molecular formula is C14H18N2O. The Bertz CT molecular complexity index is 511. The van der Waals surface area contributed by atoms with Gasteiger partial charge in [-0.15, -0.1) is 0 Å². The first-order valence-corrected chi connectivity index (χ1v) is 6.11. The van der Waals surface area contributed by atoms with Crippen molar-refractivity contribution >= 4 is 11.0 Å². The third-order valence-corrected chi connectivity index (χ3v) is 2.89. The van der Waals surface area contributed by atoms with Gasteiger partial charge in [0.1, 0.15) is 0 Å². The van der Waals surface area contributed by atoms with Crippen molar-refractivity contribution in [2.24, 2.45) is 0 Å². The average molecular weight is 230 g/mol. The highest BCUT2D eigenvalue weighted by atomic mass is 16.3. The topological polar surface area (TPSA) is 46.0 Å². The van der Waals surface area contributed by atoms with E-state index >= 15 is 0 Å². The zero-order valence-corrected chi connectivity index (χ0v) is 10.3.